The maximum atomic E-state index is 12.5. The first-order valence-corrected chi connectivity index (χ1v) is 9.45. The van der Waals surface area contributed by atoms with Crippen molar-refractivity contribution in [1.29, 1.82) is 0 Å². The Balaban J connectivity index is 1.78. The fraction of sp³-hybridized carbons (Fsp3) is 0.353. The molecule has 7 heteroatoms. The molecule has 0 fully saturated rings. The highest BCUT2D eigenvalue weighted by molar-refractivity contribution is 7.89. The van der Waals surface area contributed by atoms with Crippen LogP contribution in [0.15, 0.2) is 45.9 Å². The first-order valence-electron chi connectivity index (χ1n) is 7.96. The van der Waals surface area contributed by atoms with E-state index in [9.17, 15) is 13.2 Å². The number of amides is 1. The number of anilines is 1. The number of carbonyl (C=O) groups excluding carboxylic acids is 1. The van der Waals surface area contributed by atoms with Crippen molar-refractivity contribution in [2.45, 2.75) is 31.1 Å². The summed E-state index contributed by atoms with van der Waals surface area (Å²) >= 11 is 0. The Labute approximate surface area is 141 Å². The van der Waals surface area contributed by atoms with Gasteiger partial charge in [0.15, 0.2) is 0 Å². The predicted molar refractivity (Wildman–Crippen MR) is 90.4 cm³/mol. The zero-order valence-corrected chi connectivity index (χ0v) is 14.3. The van der Waals surface area contributed by atoms with Gasteiger partial charge in [0.25, 0.3) is 0 Å². The largest absolute Gasteiger partial charge is 0.469 e. The van der Waals surface area contributed by atoms with E-state index in [1.807, 2.05) is 6.07 Å². The monoisotopic (exact) mass is 348 g/mol. The SMILES string of the molecule is CCNS(=O)(=O)c1ccc2c(c1)N(C(=O)CCc1ccco1)CC2. The predicted octanol–water partition coefficient (Wildman–Crippen LogP) is 2.10. The summed E-state index contributed by atoms with van der Waals surface area (Å²) < 4.78 is 32.0. The molecule has 1 aromatic carbocycles. The minimum atomic E-state index is -3.53. The summed E-state index contributed by atoms with van der Waals surface area (Å²) in [6.07, 6.45) is 3.19. The summed E-state index contributed by atoms with van der Waals surface area (Å²) in [5, 5.41) is 0. The van der Waals surface area contributed by atoms with Crippen LogP contribution >= 0.6 is 0 Å². The Kier molecular flexibility index (Phi) is 4.73. The van der Waals surface area contributed by atoms with Crippen molar-refractivity contribution in [3.8, 4) is 0 Å². The average molecular weight is 348 g/mol. The van der Waals surface area contributed by atoms with Crippen LogP contribution in [0.1, 0.15) is 24.7 Å². The van der Waals surface area contributed by atoms with E-state index in [-0.39, 0.29) is 10.8 Å². The second-order valence-electron chi connectivity index (χ2n) is 5.67. The van der Waals surface area contributed by atoms with Gasteiger partial charge in [-0.3, -0.25) is 4.79 Å². The lowest BCUT2D eigenvalue weighted by atomic mass is 10.2. The molecule has 1 N–H and O–H groups in total. The van der Waals surface area contributed by atoms with Crippen LogP contribution in [0.5, 0.6) is 0 Å². The lowest BCUT2D eigenvalue weighted by Gasteiger charge is -2.18. The molecule has 1 aliphatic heterocycles. The highest BCUT2D eigenvalue weighted by Gasteiger charge is 2.26. The number of furan rings is 1. The van der Waals surface area contributed by atoms with Crippen LogP contribution in [0.4, 0.5) is 5.69 Å². The summed E-state index contributed by atoms with van der Waals surface area (Å²) in [5.41, 5.74) is 1.69. The molecular weight excluding hydrogens is 328 g/mol. The number of aryl methyl sites for hydroxylation is 1. The molecule has 2 heterocycles. The second-order valence-corrected chi connectivity index (χ2v) is 7.43. The molecule has 128 valence electrons. The molecule has 0 saturated heterocycles. The van der Waals surface area contributed by atoms with Gasteiger partial charge in [-0.05, 0) is 36.2 Å². The number of hydrogen-bond acceptors (Lipinski definition) is 4. The van der Waals surface area contributed by atoms with E-state index in [4.69, 9.17) is 4.42 Å². The van der Waals surface area contributed by atoms with Crippen molar-refractivity contribution in [1.82, 2.24) is 4.72 Å². The molecule has 3 rings (SSSR count). The van der Waals surface area contributed by atoms with Gasteiger partial charge in [0, 0.05) is 31.6 Å². The molecule has 24 heavy (non-hydrogen) atoms. The summed E-state index contributed by atoms with van der Waals surface area (Å²) in [6, 6.07) is 8.60. The fourth-order valence-electron chi connectivity index (χ4n) is 2.88. The third-order valence-corrected chi connectivity index (χ3v) is 5.61. The minimum absolute atomic E-state index is 0.0249. The van der Waals surface area contributed by atoms with Gasteiger partial charge in [-0.15, -0.1) is 0 Å². The average Bonchev–Trinajstić information content (AvgIpc) is 3.21. The third kappa shape index (κ3) is 3.37. The molecule has 0 radical (unpaired) electrons. The molecule has 0 atom stereocenters. The minimum Gasteiger partial charge on any atom is -0.469 e. The van der Waals surface area contributed by atoms with Crippen LogP contribution in [0.2, 0.25) is 0 Å². The number of fused-ring (bicyclic) bond motifs is 1. The number of rotatable bonds is 6. The van der Waals surface area contributed by atoms with Gasteiger partial charge in [-0.25, -0.2) is 13.1 Å². The molecular formula is C17H20N2O4S. The molecule has 0 saturated carbocycles. The van der Waals surface area contributed by atoms with Crippen molar-refractivity contribution in [2.24, 2.45) is 0 Å². The molecule has 0 aliphatic carbocycles. The summed E-state index contributed by atoms with van der Waals surface area (Å²) in [5.74, 6) is 0.745. The Morgan fingerprint density at radius 3 is 2.88 bits per heavy atom. The van der Waals surface area contributed by atoms with Gasteiger partial charge in [-0.1, -0.05) is 13.0 Å². The van der Waals surface area contributed by atoms with E-state index in [0.717, 1.165) is 17.7 Å². The summed E-state index contributed by atoms with van der Waals surface area (Å²) in [7, 11) is -3.53. The zero-order valence-electron chi connectivity index (χ0n) is 13.5. The molecule has 0 spiro atoms. The van der Waals surface area contributed by atoms with E-state index in [0.29, 0.717) is 31.6 Å². The van der Waals surface area contributed by atoms with Crippen molar-refractivity contribution in [3.63, 3.8) is 0 Å². The fourth-order valence-corrected chi connectivity index (χ4v) is 3.94. The van der Waals surface area contributed by atoms with Crippen LogP contribution in [0, 0.1) is 0 Å². The number of nitrogens with zero attached hydrogens (tertiary/aromatic N) is 1. The Morgan fingerprint density at radius 1 is 1.33 bits per heavy atom. The second kappa shape index (κ2) is 6.78. The lowest BCUT2D eigenvalue weighted by Crippen LogP contribution is -2.29. The van der Waals surface area contributed by atoms with E-state index in [2.05, 4.69) is 4.72 Å². The molecule has 0 unspecified atom stereocenters. The summed E-state index contributed by atoms with van der Waals surface area (Å²) in [6.45, 7) is 2.64. The van der Waals surface area contributed by atoms with Gasteiger partial charge in [0.1, 0.15) is 5.76 Å². The van der Waals surface area contributed by atoms with E-state index in [1.54, 1.807) is 42.4 Å². The maximum Gasteiger partial charge on any atom is 0.240 e. The van der Waals surface area contributed by atoms with E-state index < -0.39 is 10.0 Å². The van der Waals surface area contributed by atoms with Crippen molar-refractivity contribution in [2.75, 3.05) is 18.0 Å². The summed E-state index contributed by atoms with van der Waals surface area (Å²) in [4.78, 5) is 14.4. The lowest BCUT2D eigenvalue weighted by molar-refractivity contribution is -0.118. The van der Waals surface area contributed by atoms with Gasteiger partial charge in [0.2, 0.25) is 15.9 Å². The van der Waals surface area contributed by atoms with Crippen LogP contribution in [0.3, 0.4) is 0 Å². The van der Waals surface area contributed by atoms with E-state index >= 15 is 0 Å². The Bertz CT molecular complexity index is 828. The van der Waals surface area contributed by atoms with Gasteiger partial charge in [-0.2, -0.15) is 0 Å². The zero-order chi connectivity index (χ0) is 17.2. The number of benzene rings is 1. The van der Waals surface area contributed by atoms with Crippen molar-refractivity contribution < 1.29 is 17.6 Å². The van der Waals surface area contributed by atoms with Crippen LogP contribution in [-0.4, -0.2) is 27.4 Å². The van der Waals surface area contributed by atoms with Crippen LogP contribution < -0.4 is 9.62 Å². The van der Waals surface area contributed by atoms with Crippen LogP contribution in [-0.2, 0) is 27.7 Å². The number of nitrogens with one attached hydrogen (secondary N) is 1. The maximum absolute atomic E-state index is 12.5. The molecule has 1 aliphatic rings. The third-order valence-electron chi connectivity index (χ3n) is 4.06. The number of sulfonamides is 1. The van der Waals surface area contributed by atoms with E-state index in [1.165, 1.54) is 0 Å². The normalized spacial score (nSPS) is 14.0. The molecule has 0 bridgehead atoms. The highest BCUT2D eigenvalue weighted by atomic mass is 32.2. The first kappa shape index (κ1) is 16.7. The molecule has 1 aromatic heterocycles. The molecule has 6 nitrogen and oxygen atoms in total. The Morgan fingerprint density at radius 2 is 2.17 bits per heavy atom. The van der Waals surface area contributed by atoms with Crippen molar-refractivity contribution in [3.05, 3.63) is 47.9 Å². The quantitative estimate of drug-likeness (QED) is 0.867. The first-order chi connectivity index (χ1) is 11.5. The van der Waals surface area contributed by atoms with Gasteiger partial charge < -0.3 is 9.32 Å². The molecule has 2 aromatic rings. The topological polar surface area (TPSA) is 79.6 Å². The van der Waals surface area contributed by atoms with Crippen LogP contribution in [0.25, 0.3) is 0 Å². The smallest absolute Gasteiger partial charge is 0.240 e. The Hall–Kier alpha value is -2.12. The standard InChI is InChI=1S/C17H20N2O4S/c1-2-18-24(21,22)15-7-5-13-9-10-19(16(13)12-15)17(20)8-6-14-4-3-11-23-14/h3-5,7,11-12,18H,2,6,8-10H2,1H3. The van der Waals surface area contributed by atoms with Gasteiger partial charge in [0.05, 0.1) is 11.2 Å². The highest BCUT2D eigenvalue weighted by Crippen LogP contribution is 2.31. The van der Waals surface area contributed by atoms with Crippen molar-refractivity contribution >= 4 is 21.6 Å². The number of carbonyl (C=O) groups is 1. The van der Waals surface area contributed by atoms with Gasteiger partial charge >= 0.3 is 0 Å². The molecule has 1 amide bonds. The number of hydrogen-bond donors (Lipinski definition) is 1.